The normalized spacial score (nSPS) is 7.68. The molecule has 4 aromatic heterocycles. The van der Waals surface area contributed by atoms with Crippen LogP contribution in [-0.4, -0.2) is 19.9 Å². The molecule has 4 heterocycles. The molecule has 0 aliphatic heterocycles. The summed E-state index contributed by atoms with van der Waals surface area (Å²) >= 11 is 0. The smallest absolute Gasteiger partial charge is 0.265 e. The summed E-state index contributed by atoms with van der Waals surface area (Å²) in [6.07, 6.45) is 14.0. The van der Waals surface area contributed by atoms with Crippen molar-refractivity contribution in [2.24, 2.45) is 0 Å². The van der Waals surface area contributed by atoms with Crippen molar-refractivity contribution in [3.63, 3.8) is 0 Å². The molecule has 0 fully saturated rings. The van der Waals surface area contributed by atoms with Gasteiger partial charge in [0.05, 0.1) is 0 Å². The van der Waals surface area contributed by atoms with Gasteiger partial charge in [0.25, 0.3) is 0 Å². The Kier molecular flexibility index (Phi) is 17.2. The Morgan fingerprint density at radius 3 is 0.440 bits per heavy atom. The van der Waals surface area contributed by atoms with Crippen molar-refractivity contribution in [3.05, 3.63) is 122 Å². The van der Waals surface area contributed by atoms with Crippen LogP contribution in [0.4, 0.5) is 0 Å². The van der Waals surface area contributed by atoms with Gasteiger partial charge in [0, 0.05) is 49.6 Å². The summed E-state index contributed by atoms with van der Waals surface area (Å²) < 4.78 is 0. The predicted octanol–water partition coefficient (Wildman–Crippen LogP) is 4.32. The molecule has 4 nitrogen and oxygen atoms in total. The van der Waals surface area contributed by atoms with Crippen LogP contribution in [0.5, 0.6) is 0 Å². The van der Waals surface area contributed by atoms with Gasteiger partial charge in [-0.1, -0.05) is 24.3 Å². The molecule has 0 saturated heterocycles. The minimum atomic E-state index is 0. The summed E-state index contributed by atoms with van der Waals surface area (Å²) in [4.78, 5) is 15.1. The SMILES string of the molecule is [Pd+2].c1ccncc1.c1ccncc1.c1ccncc1.c1ccncc1. The first kappa shape index (κ1) is 22.3. The Hall–Kier alpha value is -2.74. The second kappa shape index (κ2) is 19.3. The van der Waals surface area contributed by atoms with Crippen LogP contribution >= 0.6 is 0 Å². The van der Waals surface area contributed by atoms with Gasteiger partial charge in [-0.3, -0.25) is 19.9 Å². The maximum Gasteiger partial charge on any atom is 2.00 e. The Labute approximate surface area is 162 Å². The molecule has 0 aromatic carbocycles. The summed E-state index contributed by atoms with van der Waals surface area (Å²) in [5.74, 6) is 0. The fourth-order valence-corrected chi connectivity index (χ4v) is 1.25. The number of rotatable bonds is 0. The van der Waals surface area contributed by atoms with E-state index >= 15 is 0 Å². The summed E-state index contributed by atoms with van der Waals surface area (Å²) in [5, 5.41) is 0. The van der Waals surface area contributed by atoms with Gasteiger partial charge in [0.1, 0.15) is 0 Å². The second-order valence-electron chi connectivity index (χ2n) is 4.10. The van der Waals surface area contributed by atoms with Gasteiger partial charge in [-0.25, -0.2) is 0 Å². The van der Waals surface area contributed by atoms with E-state index in [1.165, 1.54) is 0 Å². The number of hydrogen-bond acceptors (Lipinski definition) is 4. The second-order valence-corrected chi connectivity index (χ2v) is 4.10. The number of aromatic nitrogens is 4. The molecule has 0 N–H and O–H groups in total. The monoisotopic (exact) mass is 422 g/mol. The fourth-order valence-electron chi connectivity index (χ4n) is 1.25. The first-order chi connectivity index (χ1) is 12.0. The molecule has 5 heteroatoms. The number of pyridine rings is 4. The van der Waals surface area contributed by atoms with Gasteiger partial charge in [-0.15, -0.1) is 0 Å². The van der Waals surface area contributed by atoms with Crippen molar-refractivity contribution < 1.29 is 20.4 Å². The van der Waals surface area contributed by atoms with E-state index in [0.29, 0.717) is 0 Å². The average Bonchev–Trinajstić information content (AvgIpc) is 2.75. The van der Waals surface area contributed by atoms with Crippen molar-refractivity contribution >= 4 is 0 Å². The van der Waals surface area contributed by atoms with Crippen LogP contribution in [0.15, 0.2) is 122 Å². The van der Waals surface area contributed by atoms with E-state index in [1.54, 1.807) is 49.6 Å². The van der Waals surface area contributed by atoms with E-state index in [-0.39, 0.29) is 20.4 Å². The van der Waals surface area contributed by atoms with Gasteiger partial charge in [-0.05, 0) is 48.5 Å². The Morgan fingerprint density at radius 2 is 0.400 bits per heavy atom. The van der Waals surface area contributed by atoms with Crippen molar-refractivity contribution in [3.8, 4) is 0 Å². The first-order valence-corrected chi connectivity index (χ1v) is 7.40. The minimum Gasteiger partial charge on any atom is -0.265 e. The van der Waals surface area contributed by atoms with Crippen molar-refractivity contribution in [2.75, 3.05) is 0 Å². The van der Waals surface area contributed by atoms with Crippen LogP contribution < -0.4 is 0 Å². The van der Waals surface area contributed by atoms with Crippen LogP contribution in [0.1, 0.15) is 0 Å². The Balaban J connectivity index is 0.000000303. The topological polar surface area (TPSA) is 51.6 Å². The zero-order valence-electron chi connectivity index (χ0n) is 13.7. The third-order valence-corrected chi connectivity index (χ3v) is 2.27. The maximum absolute atomic E-state index is 3.78. The minimum absolute atomic E-state index is 0. The van der Waals surface area contributed by atoms with E-state index in [9.17, 15) is 0 Å². The molecule has 0 aliphatic rings. The largest absolute Gasteiger partial charge is 2.00 e. The third-order valence-electron chi connectivity index (χ3n) is 2.27. The molecule has 0 aliphatic carbocycles. The molecule has 0 radical (unpaired) electrons. The molecule has 128 valence electrons. The molecule has 0 saturated carbocycles. The molecule has 0 atom stereocenters. The molecule has 4 aromatic rings. The quantitative estimate of drug-likeness (QED) is 0.396. The molecule has 0 unspecified atom stereocenters. The summed E-state index contributed by atoms with van der Waals surface area (Å²) in [7, 11) is 0. The van der Waals surface area contributed by atoms with E-state index < -0.39 is 0 Å². The number of hydrogen-bond donors (Lipinski definition) is 0. The first-order valence-electron chi connectivity index (χ1n) is 7.40. The van der Waals surface area contributed by atoms with Crippen LogP contribution in [-0.2, 0) is 20.4 Å². The van der Waals surface area contributed by atoms with Gasteiger partial charge < -0.3 is 0 Å². The Bertz CT molecular complexity index is 436. The molecule has 4 rings (SSSR count). The Morgan fingerprint density at radius 1 is 0.240 bits per heavy atom. The van der Waals surface area contributed by atoms with Gasteiger partial charge in [-0.2, -0.15) is 0 Å². The molecule has 0 amide bonds. The zero-order valence-corrected chi connectivity index (χ0v) is 15.2. The van der Waals surface area contributed by atoms with Gasteiger partial charge in [0.15, 0.2) is 0 Å². The van der Waals surface area contributed by atoms with E-state index in [1.807, 2.05) is 72.8 Å². The molecule has 0 spiro atoms. The van der Waals surface area contributed by atoms with Crippen LogP contribution in [0, 0.1) is 0 Å². The predicted molar refractivity (Wildman–Crippen MR) is 96.9 cm³/mol. The van der Waals surface area contributed by atoms with E-state index in [4.69, 9.17) is 0 Å². The standard InChI is InChI=1S/4C5H5N.Pd/c4*1-2-4-6-5-3-1;/h4*1-5H;/q;;;;+2. The average molecular weight is 423 g/mol. The zero-order chi connectivity index (χ0) is 17.0. The summed E-state index contributed by atoms with van der Waals surface area (Å²) in [6.45, 7) is 0. The van der Waals surface area contributed by atoms with Crippen LogP contribution in [0.25, 0.3) is 0 Å². The van der Waals surface area contributed by atoms with Crippen LogP contribution in [0.2, 0.25) is 0 Å². The molecule has 25 heavy (non-hydrogen) atoms. The van der Waals surface area contributed by atoms with Crippen molar-refractivity contribution in [2.45, 2.75) is 0 Å². The fraction of sp³-hybridized carbons (Fsp3) is 0. The number of nitrogens with zero attached hydrogens (tertiary/aromatic N) is 4. The molecular weight excluding hydrogens is 403 g/mol. The van der Waals surface area contributed by atoms with Crippen LogP contribution in [0.3, 0.4) is 0 Å². The van der Waals surface area contributed by atoms with Crippen molar-refractivity contribution in [1.29, 1.82) is 0 Å². The third kappa shape index (κ3) is 17.5. The van der Waals surface area contributed by atoms with Gasteiger partial charge in [0.2, 0.25) is 0 Å². The van der Waals surface area contributed by atoms with E-state index in [0.717, 1.165) is 0 Å². The van der Waals surface area contributed by atoms with Gasteiger partial charge >= 0.3 is 20.4 Å². The summed E-state index contributed by atoms with van der Waals surface area (Å²) in [6, 6.07) is 22.9. The summed E-state index contributed by atoms with van der Waals surface area (Å²) in [5.41, 5.74) is 0. The molecule has 0 bridgehead atoms. The molecular formula is C20H20N4Pd+2. The van der Waals surface area contributed by atoms with E-state index in [2.05, 4.69) is 19.9 Å². The van der Waals surface area contributed by atoms with Crippen molar-refractivity contribution in [1.82, 2.24) is 19.9 Å². The maximum atomic E-state index is 3.78.